The number of carbonyl (C=O) groups is 3. The van der Waals surface area contributed by atoms with E-state index in [1.807, 2.05) is 17.5 Å². The van der Waals surface area contributed by atoms with Gasteiger partial charge in [-0.1, -0.05) is 30.5 Å². The Hall–Kier alpha value is -3.10. The fourth-order valence-electron chi connectivity index (χ4n) is 3.95. The maximum absolute atomic E-state index is 13.5. The summed E-state index contributed by atoms with van der Waals surface area (Å²) in [6, 6.07) is 12.7. The van der Waals surface area contributed by atoms with E-state index in [9.17, 15) is 14.4 Å². The van der Waals surface area contributed by atoms with Crippen molar-refractivity contribution in [1.29, 1.82) is 0 Å². The van der Waals surface area contributed by atoms with Gasteiger partial charge in [-0.3, -0.25) is 19.3 Å². The third kappa shape index (κ3) is 5.64. The van der Waals surface area contributed by atoms with E-state index in [0.29, 0.717) is 10.7 Å². The molecule has 0 spiro atoms. The van der Waals surface area contributed by atoms with Crippen molar-refractivity contribution in [3.05, 3.63) is 75.8 Å². The van der Waals surface area contributed by atoms with Crippen LogP contribution in [-0.2, 0) is 9.59 Å². The SMILES string of the molecule is O=C(NCC(=O)N(c1ccc(Cl)cc1)C(C(=O)NC1CCCC1)c1cccs1)c1ccco1. The van der Waals surface area contributed by atoms with Crippen LogP contribution in [0.2, 0.25) is 5.02 Å². The zero-order chi connectivity index (χ0) is 23.2. The smallest absolute Gasteiger partial charge is 0.287 e. The molecule has 0 aliphatic heterocycles. The van der Waals surface area contributed by atoms with E-state index in [2.05, 4.69) is 10.6 Å². The lowest BCUT2D eigenvalue weighted by Crippen LogP contribution is -2.48. The number of furan rings is 1. The second kappa shape index (κ2) is 10.7. The molecule has 0 saturated heterocycles. The molecule has 3 aromatic rings. The van der Waals surface area contributed by atoms with Gasteiger partial charge in [-0.15, -0.1) is 11.3 Å². The van der Waals surface area contributed by atoms with Gasteiger partial charge in [0.15, 0.2) is 5.76 Å². The highest BCUT2D eigenvalue weighted by molar-refractivity contribution is 7.10. The minimum Gasteiger partial charge on any atom is -0.459 e. The molecule has 1 aliphatic carbocycles. The zero-order valence-electron chi connectivity index (χ0n) is 17.8. The Balaban J connectivity index is 1.63. The molecule has 9 heteroatoms. The highest BCUT2D eigenvalue weighted by atomic mass is 35.5. The third-order valence-corrected chi connectivity index (χ3v) is 6.72. The molecule has 1 saturated carbocycles. The molecule has 2 heterocycles. The maximum atomic E-state index is 13.5. The van der Waals surface area contributed by atoms with E-state index in [0.717, 1.165) is 30.6 Å². The Kier molecular flexibility index (Phi) is 7.47. The van der Waals surface area contributed by atoms with E-state index in [4.69, 9.17) is 16.0 Å². The number of halogens is 1. The van der Waals surface area contributed by atoms with E-state index in [1.165, 1.54) is 28.6 Å². The van der Waals surface area contributed by atoms with Gasteiger partial charge in [0.25, 0.3) is 5.91 Å². The molecule has 4 rings (SSSR count). The zero-order valence-corrected chi connectivity index (χ0v) is 19.4. The fourth-order valence-corrected chi connectivity index (χ4v) is 4.88. The predicted molar refractivity (Wildman–Crippen MR) is 127 cm³/mol. The van der Waals surface area contributed by atoms with Crippen LogP contribution in [0.1, 0.15) is 47.2 Å². The minimum absolute atomic E-state index is 0.0980. The van der Waals surface area contributed by atoms with Crippen molar-refractivity contribution in [2.24, 2.45) is 0 Å². The van der Waals surface area contributed by atoms with Gasteiger partial charge in [-0.2, -0.15) is 0 Å². The molecule has 2 aromatic heterocycles. The lowest BCUT2D eigenvalue weighted by Gasteiger charge is -2.31. The summed E-state index contributed by atoms with van der Waals surface area (Å²) in [4.78, 5) is 41.4. The lowest BCUT2D eigenvalue weighted by molar-refractivity contribution is -0.126. The first-order valence-electron chi connectivity index (χ1n) is 10.8. The number of amides is 3. The van der Waals surface area contributed by atoms with Gasteiger partial charge in [0.05, 0.1) is 12.8 Å². The second-order valence-corrected chi connectivity index (χ2v) is 9.22. The molecule has 33 heavy (non-hydrogen) atoms. The Labute approximate surface area is 200 Å². The average molecular weight is 486 g/mol. The number of rotatable bonds is 8. The molecule has 1 aliphatic rings. The summed E-state index contributed by atoms with van der Waals surface area (Å²) >= 11 is 7.46. The van der Waals surface area contributed by atoms with Gasteiger partial charge in [-0.25, -0.2) is 0 Å². The molecule has 2 N–H and O–H groups in total. The van der Waals surface area contributed by atoms with E-state index >= 15 is 0 Å². The first kappa shape index (κ1) is 23.1. The number of hydrogen-bond acceptors (Lipinski definition) is 5. The van der Waals surface area contributed by atoms with E-state index in [1.54, 1.807) is 30.3 Å². The van der Waals surface area contributed by atoms with Gasteiger partial charge in [0.1, 0.15) is 6.04 Å². The summed E-state index contributed by atoms with van der Waals surface area (Å²) in [6.07, 6.45) is 5.39. The third-order valence-electron chi connectivity index (χ3n) is 5.54. The van der Waals surface area contributed by atoms with Crippen molar-refractivity contribution in [2.45, 2.75) is 37.8 Å². The topological polar surface area (TPSA) is 91.7 Å². The van der Waals surface area contributed by atoms with Crippen LogP contribution in [0, 0.1) is 0 Å². The quantitative estimate of drug-likeness (QED) is 0.489. The first-order chi connectivity index (χ1) is 16.0. The van der Waals surface area contributed by atoms with Gasteiger partial charge < -0.3 is 15.1 Å². The largest absolute Gasteiger partial charge is 0.459 e. The normalized spacial score (nSPS) is 14.6. The average Bonchev–Trinajstić information content (AvgIpc) is 3.60. The first-order valence-corrected chi connectivity index (χ1v) is 12.0. The van der Waals surface area contributed by atoms with Crippen LogP contribution in [0.25, 0.3) is 0 Å². The number of nitrogens with zero attached hydrogens (tertiary/aromatic N) is 1. The van der Waals surface area contributed by atoms with Gasteiger partial charge in [0.2, 0.25) is 11.8 Å². The number of benzene rings is 1. The Bertz CT molecular complexity index is 1080. The molecule has 7 nitrogen and oxygen atoms in total. The minimum atomic E-state index is -0.875. The fraction of sp³-hybridized carbons (Fsp3) is 0.292. The van der Waals surface area contributed by atoms with Crippen molar-refractivity contribution < 1.29 is 18.8 Å². The van der Waals surface area contributed by atoms with E-state index < -0.39 is 17.9 Å². The highest BCUT2D eigenvalue weighted by Gasteiger charge is 2.35. The van der Waals surface area contributed by atoms with Crippen LogP contribution in [0.5, 0.6) is 0 Å². The molecular weight excluding hydrogens is 462 g/mol. The lowest BCUT2D eigenvalue weighted by atomic mass is 10.1. The standard InChI is InChI=1S/C24H24ClN3O4S/c25-16-9-11-18(12-10-16)28(21(29)15-26-23(30)19-7-3-13-32-19)22(20-8-4-14-33-20)24(31)27-17-5-1-2-6-17/h3-4,7-14,17,22H,1-2,5-6,15H2,(H,26,30)(H,27,31). The van der Waals surface area contributed by atoms with Crippen LogP contribution in [0.15, 0.2) is 64.6 Å². The molecule has 172 valence electrons. The summed E-state index contributed by atoms with van der Waals surface area (Å²) in [5.74, 6) is -1.08. The summed E-state index contributed by atoms with van der Waals surface area (Å²) < 4.78 is 5.09. The monoisotopic (exact) mass is 485 g/mol. The molecule has 3 amide bonds. The number of carbonyl (C=O) groups excluding carboxylic acids is 3. The number of hydrogen-bond donors (Lipinski definition) is 2. The van der Waals surface area contributed by atoms with E-state index in [-0.39, 0.29) is 24.3 Å². The predicted octanol–water partition coefficient (Wildman–Crippen LogP) is 4.56. The van der Waals surface area contributed by atoms with Crippen LogP contribution < -0.4 is 15.5 Å². The van der Waals surface area contributed by atoms with Crippen LogP contribution in [0.3, 0.4) is 0 Å². The molecule has 1 atom stereocenters. The van der Waals surface area contributed by atoms with Gasteiger partial charge >= 0.3 is 0 Å². The molecule has 1 aromatic carbocycles. The molecule has 0 radical (unpaired) electrons. The van der Waals surface area contributed by atoms with Crippen LogP contribution >= 0.6 is 22.9 Å². The summed E-state index contributed by atoms with van der Waals surface area (Å²) in [5.41, 5.74) is 0.511. The summed E-state index contributed by atoms with van der Waals surface area (Å²) in [6.45, 7) is -0.305. The molecule has 1 fully saturated rings. The highest BCUT2D eigenvalue weighted by Crippen LogP contribution is 2.32. The van der Waals surface area contributed by atoms with Crippen molar-refractivity contribution in [3.8, 4) is 0 Å². The molecule has 0 bridgehead atoms. The Morgan fingerprint density at radius 2 is 1.85 bits per heavy atom. The maximum Gasteiger partial charge on any atom is 0.287 e. The number of nitrogens with one attached hydrogen (secondary N) is 2. The molecular formula is C24H24ClN3O4S. The van der Waals surface area contributed by atoms with Crippen molar-refractivity contribution in [3.63, 3.8) is 0 Å². The van der Waals surface area contributed by atoms with Crippen LogP contribution in [-0.4, -0.2) is 30.3 Å². The van der Waals surface area contributed by atoms with Crippen molar-refractivity contribution in [1.82, 2.24) is 10.6 Å². The summed E-state index contributed by atoms with van der Waals surface area (Å²) in [7, 11) is 0. The summed E-state index contributed by atoms with van der Waals surface area (Å²) in [5, 5.41) is 8.08. The number of anilines is 1. The van der Waals surface area contributed by atoms with Crippen molar-refractivity contribution in [2.75, 3.05) is 11.4 Å². The Morgan fingerprint density at radius 3 is 2.48 bits per heavy atom. The van der Waals surface area contributed by atoms with Gasteiger partial charge in [0, 0.05) is 21.6 Å². The number of thiophene rings is 1. The Morgan fingerprint density at radius 1 is 1.09 bits per heavy atom. The second-order valence-electron chi connectivity index (χ2n) is 7.81. The van der Waals surface area contributed by atoms with Gasteiger partial charge in [-0.05, 0) is 60.7 Å². The van der Waals surface area contributed by atoms with Crippen molar-refractivity contribution >= 4 is 46.3 Å². The van der Waals surface area contributed by atoms with Crippen LogP contribution in [0.4, 0.5) is 5.69 Å². The molecule has 1 unspecified atom stereocenters.